The predicted octanol–water partition coefficient (Wildman–Crippen LogP) is 1.80. The van der Waals surface area contributed by atoms with E-state index in [1.807, 2.05) is 33.3 Å². The van der Waals surface area contributed by atoms with Gasteiger partial charge in [-0.15, -0.1) is 0 Å². The lowest BCUT2D eigenvalue weighted by atomic mass is 10.2. The number of amides is 1. The number of benzene rings is 1. The Kier molecular flexibility index (Phi) is 4.22. The van der Waals surface area contributed by atoms with Crippen LogP contribution < -0.4 is 19.0 Å². The summed E-state index contributed by atoms with van der Waals surface area (Å²) in [5.74, 6) is 0.587. The van der Waals surface area contributed by atoms with E-state index in [1.54, 1.807) is 7.05 Å². The minimum Gasteiger partial charge on any atom is -0.404 e. The van der Waals surface area contributed by atoms with E-state index >= 15 is 0 Å². The van der Waals surface area contributed by atoms with Crippen LogP contribution in [0.1, 0.15) is 0 Å². The first-order valence-corrected chi connectivity index (χ1v) is 6.23. The first-order valence-electron chi connectivity index (χ1n) is 6.23. The first-order chi connectivity index (χ1) is 8.55. The summed E-state index contributed by atoms with van der Waals surface area (Å²) in [6.45, 7) is 0. The van der Waals surface area contributed by atoms with E-state index in [-0.39, 0.29) is 0 Å². The van der Waals surface area contributed by atoms with Crippen molar-refractivity contribution in [2.45, 2.75) is 0 Å². The van der Waals surface area contributed by atoms with Crippen LogP contribution in [0.4, 0.5) is 16.2 Å². The molecule has 0 atom stereocenters. The summed E-state index contributed by atoms with van der Waals surface area (Å²) in [5, 5.41) is 2.46. The smallest absolute Gasteiger partial charge is 0.404 e. The molecule has 0 spiro atoms. The van der Waals surface area contributed by atoms with Crippen molar-refractivity contribution in [3.8, 4) is 5.75 Å². The average Bonchev–Trinajstić information content (AvgIpc) is 2.26. The summed E-state index contributed by atoms with van der Waals surface area (Å²) in [5.41, 5.74) is 2.13. The summed E-state index contributed by atoms with van der Waals surface area (Å²) in [6, 6.07) is 5.92. The van der Waals surface area contributed by atoms with Crippen LogP contribution in [0.3, 0.4) is 0 Å². The highest BCUT2D eigenvalue weighted by Gasteiger charge is 2.25. The lowest BCUT2D eigenvalue weighted by Crippen LogP contribution is -2.38. The molecule has 0 aromatic heterocycles. The topological polar surface area (TPSA) is 38.3 Å². The average molecular weight is 267 g/mol. The van der Waals surface area contributed by atoms with Gasteiger partial charge < -0.3 is 10.1 Å². The van der Waals surface area contributed by atoms with Gasteiger partial charge in [0.15, 0.2) is 11.4 Å². The fourth-order valence-corrected chi connectivity index (χ4v) is 1.68. The van der Waals surface area contributed by atoms with Crippen molar-refractivity contribution in [1.82, 2.24) is 14.3 Å². The van der Waals surface area contributed by atoms with Gasteiger partial charge in [0.1, 0.15) is 5.69 Å². The van der Waals surface area contributed by atoms with Crippen molar-refractivity contribution in [3.05, 3.63) is 18.2 Å². The molecule has 19 heavy (non-hydrogen) atoms. The van der Waals surface area contributed by atoms with Gasteiger partial charge in [-0.3, -0.25) is 8.97 Å². The molecule has 0 unspecified atom stereocenters. The largest absolute Gasteiger partial charge is 0.412 e. The standard InChI is InChI=1S/C14H24N3O2/c1-15-14(18)19-13-9-8-11(16(2,3)4)10-12(13)17(5,6)7/h8-10H,1-7H3/q+1/p+1. The van der Waals surface area contributed by atoms with Gasteiger partial charge in [0.2, 0.25) is 0 Å². The molecule has 0 aliphatic rings. The SMILES string of the molecule is CNC(=O)Oc1ccc([N+](C)(C)C)cc1[N+](C)(C)C. The Hall–Kier alpha value is -1.59. The molecule has 0 saturated heterocycles. The Morgan fingerprint density at radius 2 is 1.63 bits per heavy atom. The van der Waals surface area contributed by atoms with Crippen LogP contribution >= 0.6 is 0 Å². The van der Waals surface area contributed by atoms with Gasteiger partial charge in [0.05, 0.1) is 48.4 Å². The van der Waals surface area contributed by atoms with Crippen LogP contribution in [-0.2, 0) is 0 Å². The molecule has 1 aromatic rings. The number of ether oxygens (including phenoxy) is 1. The first kappa shape index (κ1) is 15.5. The van der Waals surface area contributed by atoms with Gasteiger partial charge in [0.25, 0.3) is 0 Å². The molecule has 1 aromatic carbocycles. The molecule has 0 aliphatic carbocycles. The number of hydrogen-bond donors (Lipinski definition) is 1. The van der Waals surface area contributed by atoms with E-state index in [0.717, 1.165) is 11.4 Å². The third-order valence-corrected chi connectivity index (χ3v) is 2.85. The summed E-state index contributed by atoms with van der Waals surface area (Å²) in [4.78, 5) is 11.4. The van der Waals surface area contributed by atoms with E-state index in [9.17, 15) is 4.79 Å². The second-order valence-corrected chi connectivity index (χ2v) is 6.32. The molecule has 0 fully saturated rings. The molecule has 0 saturated carbocycles. The second-order valence-electron chi connectivity index (χ2n) is 6.32. The molecule has 106 valence electrons. The fourth-order valence-electron chi connectivity index (χ4n) is 1.68. The Morgan fingerprint density at radius 1 is 1.05 bits per heavy atom. The molecule has 5 nitrogen and oxygen atoms in total. The van der Waals surface area contributed by atoms with Crippen LogP contribution in [-0.4, -0.2) is 55.4 Å². The van der Waals surface area contributed by atoms with E-state index in [4.69, 9.17) is 4.74 Å². The van der Waals surface area contributed by atoms with Crippen molar-refractivity contribution in [2.24, 2.45) is 0 Å². The molecular formula is C14H25N3O2+2. The summed E-state index contributed by atoms with van der Waals surface area (Å²) in [7, 11) is 14.0. The summed E-state index contributed by atoms with van der Waals surface area (Å²) >= 11 is 0. The molecule has 1 amide bonds. The van der Waals surface area contributed by atoms with Gasteiger partial charge >= 0.3 is 6.09 Å². The van der Waals surface area contributed by atoms with Gasteiger partial charge in [-0.05, 0) is 6.07 Å². The van der Waals surface area contributed by atoms with Crippen LogP contribution in [0, 0.1) is 0 Å². The number of rotatable bonds is 3. The van der Waals surface area contributed by atoms with E-state index < -0.39 is 6.09 Å². The highest BCUT2D eigenvalue weighted by molar-refractivity contribution is 5.74. The minimum atomic E-state index is -0.451. The van der Waals surface area contributed by atoms with Gasteiger partial charge in [0, 0.05) is 13.1 Å². The second kappa shape index (κ2) is 5.19. The summed E-state index contributed by atoms with van der Waals surface area (Å²) < 4.78 is 6.62. The maximum atomic E-state index is 11.4. The zero-order valence-electron chi connectivity index (χ0n) is 12.9. The van der Waals surface area contributed by atoms with Gasteiger partial charge in [-0.25, -0.2) is 4.79 Å². The minimum absolute atomic E-state index is 0.451. The number of carbonyl (C=O) groups is 1. The lowest BCUT2D eigenvalue weighted by Gasteiger charge is -2.28. The normalized spacial score (nSPS) is 12.2. The third-order valence-electron chi connectivity index (χ3n) is 2.85. The zero-order chi connectivity index (χ0) is 14.8. The Balaban J connectivity index is 3.29. The summed E-state index contributed by atoms with van der Waals surface area (Å²) in [6.07, 6.45) is -0.451. The molecule has 0 heterocycles. The van der Waals surface area contributed by atoms with Crippen molar-refractivity contribution in [1.29, 1.82) is 0 Å². The number of nitrogens with one attached hydrogen (secondary N) is 1. The van der Waals surface area contributed by atoms with Crippen LogP contribution in [0.2, 0.25) is 0 Å². The Labute approximate surface area is 115 Å². The molecule has 0 radical (unpaired) electrons. The van der Waals surface area contributed by atoms with Gasteiger partial charge in [-0.2, -0.15) is 0 Å². The van der Waals surface area contributed by atoms with Crippen molar-refractivity contribution in [2.75, 3.05) is 49.3 Å². The Morgan fingerprint density at radius 3 is 2.05 bits per heavy atom. The van der Waals surface area contributed by atoms with E-state index in [2.05, 4.69) is 32.5 Å². The van der Waals surface area contributed by atoms with Crippen molar-refractivity contribution >= 4 is 17.5 Å². The number of carbonyl (C=O) groups excluding carboxylic acids is 1. The quantitative estimate of drug-likeness (QED) is 0.848. The van der Waals surface area contributed by atoms with E-state index in [1.165, 1.54) is 0 Å². The number of nitrogens with zero attached hydrogens (tertiary/aromatic N) is 2. The third kappa shape index (κ3) is 3.94. The number of hydrogen-bond acceptors (Lipinski definition) is 2. The molecule has 5 heteroatoms. The van der Waals surface area contributed by atoms with Crippen molar-refractivity contribution in [3.63, 3.8) is 0 Å². The molecule has 1 N–H and O–H groups in total. The monoisotopic (exact) mass is 267 g/mol. The Bertz CT molecular complexity index is 471. The highest BCUT2D eigenvalue weighted by atomic mass is 16.6. The van der Waals surface area contributed by atoms with Crippen molar-refractivity contribution < 1.29 is 9.53 Å². The van der Waals surface area contributed by atoms with Gasteiger partial charge in [-0.1, -0.05) is 0 Å². The van der Waals surface area contributed by atoms with Crippen LogP contribution in [0.15, 0.2) is 18.2 Å². The molecular weight excluding hydrogens is 242 g/mol. The molecule has 1 rings (SSSR count). The maximum Gasteiger partial charge on any atom is 0.412 e. The lowest BCUT2D eigenvalue weighted by molar-refractivity contribution is 0.202. The fraction of sp³-hybridized carbons (Fsp3) is 0.500. The maximum absolute atomic E-state index is 11.4. The van der Waals surface area contributed by atoms with E-state index in [0.29, 0.717) is 14.7 Å². The molecule has 0 bridgehead atoms. The number of quaternary nitrogens is 2. The molecule has 0 aliphatic heterocycles. The van der Waals surface area contributed by atoms with Crippen LogP contribution in [0.25, 0.3) is 0 Å². The van der Waals surface area contributed by atoms with Crippen LogP contribution in [0.5, 0.6) is 5.75 Å². The zero-order valence-corrected chi connectivity index (χ0v) is 12.9. The predicted molar refractivity (Wildman–Crippen MR) is 80.7 cm³/mol. The highest BCUT2D eigenvalue weighted by Crippen LogP contribution is 2.35.